The molecule has 4 rings (SSSR count). The highest BCUT2D eigenvalue weighted by Gasteiger charge is 2.34. The van der Waals surface area contributed by atoms with Crippen molar-refractivity contribution < 1.29 is 27.1 Å². The predicted octanol–water partition coefficient (Wildman–Crippen LogP) is 6.24. The molecule has 0 saturated carbocycles. The molecule has 0 heterocycles. The number of ether oxygens (including phenoxy) is 1. The topological polar surface area (TPSA) is 96.0 Å². The highest BCUT2D eigenvalue weighted by atomic mass is 35.5. The first-order chi connectivity index (χ1) is 22.1. The highest BCUT2D eigenvalue weighted by molar-refractivity contribution is 7.92. The average molecular weight is 666 g/mol. The van der Waals surface area contributed by atoms with Crippen molar-refractivity contribution in [1.82, 2.24) is 10.2 Å². The van der Waals surface area contributed by atoms with Gasteiger partial charge in [0.05, 0.1) is 17.2 Å². The van der Waals surface area contributed by atoms with Gasteiger partial charge in [0, 0.05) is 24.5 Å². The molecule has 242 valence electrons. The van der Waals surface area contributed by atoms with Crippen LogP contribution in [0.2, 0.25) is 5.02 Å². The highest BCUT2D eigenvalue weighted by Crippen LogP contribution is 2.27. The number of halogens is 2. The van der Waals surface area contributed by atoms with E-state index in [1.54, 1.807) is 36.4 Å². The largest absolute Gasteiger partial charge is 0.494 e. The molecule has 1 N–H and O–H groups in total. The Morgan fingerprint density at radius 3 is 2.20 bits per heavy atom. The third-order valence-corrected chi connectivity index (χ3v) is 9.20. The first-order valence-corrected chi connectivity index (χ1v) is 16.8. The summed E-state index contributed by atoms with van der Waals surface area (Å²) in [7, 11) is -4.37. The first kappa shape index (κ1) is 34.5. The molecule has 0 aliphatic rings. The van der Waals surface area contributed by atoms with E-state index in [9.17, 15) is 22.4 Å². The van der Waals surface area contributed by atoms with E-state index >= 15 is 0 Å². The number of carbonyl (C=O) groups excluding carboxylic acids is 2. The summed E-state index contributed by atoms with van der Waals surface area (Å²) in [6, 6.07) is 25.9. The molecule has 0 saturated heterocycles. The summed E-state index contributed by atoms with van der Waals surface area (Å²) in [5, 5.41) is 3.36. The third-order valence-electron chi connectivity index (χ3n) is 7.18. The Balaban J connectivity index is 1.79. The molecule has 0 spiro atoms. The first-order valence-electron chi connectivity index (χ1n) is 15.0. The summed E-state index contributed by atoms with van der Waals surface area (Å²) in [4.78, 5) is 29.4. The van der Waals surface area contributed by atoms with Crippen LogP contribution < -0.4 is 14.4 Å². The molecular weight excluding hydrogens is 629 g/mol. The molecule has 46 heavy (non-hydrogen) atoms. The fourth-order valence-electron chi connectivity index (χ4n) is 4.89. The van der Waals surface area contributed by atoms with Crippen molar-refractivity contribution >= 4 is 39.1 Å². The number of carbonyl (C=O) groups is 2. The Labute approximate surface area is 274 Å². The van der Waals surface area contributed by atoms with Gasteiger partial charge in [-0.1, -0.05) is 61.0 Å². The van der Waals surface area contributed by atoms with Gasteiger partial charge in [0.15, 0.2) is 0 Å². The van der Waals surface area contributed by atoms with Crippen molar-refractivity contribution in [2.24, 2.45) is 0 Å². The monoisotopic (exact) mass is 665 g/mol. The van der Waals surface area contributed by atoms with Crippen LogP contribution in [0, 0.1) is 5.82 Å². The molecule has 11 heteroatoms. The lowest BCUT2D eigenvalue weighted by atomic mass is 10.0. The summed E-state index contributed by atoms with van der Waals surface area (Å²) >= 11 is 6.28. The Bertz CT molecular complexity index is 1700. The fourth-order valence-corrected chi connectivity index (χ4v) is 6.52. The van der Waals surface area contributed by atoms with Crippen LogP contribution in [0.1, 0.15) is 31.4 Å². The van der Waals surface area contributed by atoms with E-state index in [1.165, 1.54) is 17.0 Å². The minimum absolute atomic E-state index is 0.00977. The predicted molar refractivity (Wildman–Crippen MR) is 178 cm³/mol. The molecular formula is C35H37ClFN3O5S. The van der Waals surface area contributed by atoms with Crippen LogP contribution in [-0.4, -0.2) is 50.9 Å². The lowest BCUT2D eigenvalue weighted by Gasteiger charge is -2.34. The second-order valence-electron chi connectivity index (χ2n) is 10.5. The SMILES string of the molecule is CCCNC(=O)C(Cc1ccccc1)N(Cc1cccc(Cl)c1)C(=O)CN(c1ccc(OCC)cc1)S(=O)(=O)c1ccc(F)cc1. The molecule has 0 aromatic heterocycles. The number of anilines is 1. The van der Waals surface area contributed by atoms with Crippen LogP contribution in [0.5, 0.6) is 5.75 Å². The lowest BCUT2D eigenvalue weighted by molar-refractivity contribution is -0.140. The molecule has 8 nitrogen and oxygen atoms in total. The maximum absolute atomic E-state index is 14.4. The number of benzene rings is 4. The Morgan fingerprint density at radius 1 is 0.891 bits per heavy atom. The second kappa shape index (κ2) is 16.2. The van der Waals surface area contributed by atoms with Crippen molar-refractivity contribution in [3.8, 4) is 5.75 Å². The molecule has 0 aliphatic carbocycles. The van der Waals surface area contributed by atoms with E-state index in [0.29, 0.717) is 35.9 Å². The number of hydrogen-bond donors (Lipinski definition) is 1. The summed E-state index contributed by atoms with van der Waals surface area (Å²) < 4.78 is 48.4. The van der Waals surface area contributed by atoms with Gasteiger partial charge in [0.1, 0.15) is 24.2 Å². The Hall–Kier alpha value is -4.41. The quantitative estimate of drug-likeness (QED) is 0.162. The minimum atomic E-state index is -4.37. The van der Waals surface area contributed by atoms with E-state index in [0.717, 1.165) is 34.1 Å². The zero-order chi connectivity index (χ0) is 33.1. The molecule has 1 unspecified atom stereocenters. The number of nitrogens with one attached hydrogen (secondary N) is 1. The molecule has 0 fully saturated rings. The second-order valence-corrected chi connectivity index (χ2v) is 12.8. The normalized spacial score (nSPS) is 11.8. The van der Waals surface area contributed by atoms with Crippen LogP contribution in [-0.2, 0) is 32.6 Å². The van der Waals surface area contributed by atoms with Gasteiger partial charge in [-0.15, -0.1) is 0 Å². The average Bonchev–Trinajstić information content (AvgIpc) is 3.05. The zero-order valence-electron chi connectivity index (χ0n) is 25.7. The van der Waals surface area contributed by atoms with Crippen LogP contribution >= 0.6 is 11.6 Å². The summed E-state index contributed by atoms with van der Waals surface area (Å²) in [6.45, 7) is 3.92. The minimum Gasteiger partial charge on any atom is -0.494 e. The van der Waals surface area contributed by atoms with Crippen LogP contribution in [0.15, 0.2) is 108 Å². The van der Waals surface area contributed by atoms with Crippen molar-refractivity contribution in [2.45, 2.75) is 44.2 Å². The Kier molecular flexibility index (Phi) is 12.2. The number of nitrogens with zero attached hydrogens (tertiary/aromatic N) is 2. The summed E-state index contributed by atoms with van der Waals surface area (Å²) in [5.41, 5.74) is 1.68. The van der Waals surface area contributed by atoms with Gasteiger partial charge in [-0.05, 0) is 85.1 Å². The van der Waals surface area contributed by atoms with Crippen LogP contribution in [0.25, 0.3) is 0 Å². The number of amides is 2. The van der Waals surface area contributed by atoms with Gasteiger partial charge in [0.2, 0.25) is 11.8 Å². The van der Waals surface area contributed by atoms with Gasteiger partial charge < -0.3 is 15.0 Å². The molecule has 2 amide bonds. The molecule has 4 aromatic carbocycles. The summed E-state index contributed by atoms with van der Waals surface area (Å²) in [6.07, 6.45) is 0.879. The number of rotatable bonds is 15. The van der Waals surface area contributed by atoms with Gasteiger partial charge in [0.25, 0.3) is 10.0 Å². The van der Waals surface area contributed by atoms with E-state index in [2.05, 4.69) is 5.32 Å². The van der Waals surface area contributed by atoms with E-state index in [1.807, 2.05) is 44.2 Å². The smallest absolute Gasteiger partial charge is 0.264 e. The van der Waals surface area contributed by atoms with Crippen LogP contribution in [0.3, 0.4) is 0 Å². The lowest BCUT2D eigenvalue weighted by Crippen LogP contribution is -2.53. The van der Waals surface area contributed by atoms with Crippen LogP contribution in [0.4, 0.5) is 10.1 Å². The maximum Gasteiger partial charge on any atom is 0.264 e. The maximum atomic E-state index is 14.4. The summed E-state index contributed by atoms with van der Waals surface area (Å²) in [5.74, 6) is -1.06. The molecule has 0 aliphatic heterocycles. The van der Waals surface area contributed by atoms with Crippen molar-refractivity contribution in [3.63, 3.8) is 0 Å². The van der Waals surface area contributed by atoms with Gasteiger partial charge in [-0.2, -0.15) is 0 Å². The van der Waals surface area contributed by atoms with E-state index in [-0.39, 0.29) is 29.5 Å². The Morgan fingerprint density at radius 2 is 1.57 bits per heavy atom. The number of hydrogen-bond acceptors (Lipinski definition) is 5. The van der Waals surface area contributed by atoms with Crippen molar-refractivity contribution in [2.75, 3.05) is 24.0 Å². The zero-order valence-corrected chi connectivity index (χ0v) is 27.3. The van der Waals surface area contributed by atoms with Gasteiger partial charge in [-0.3, -0.25) is 13.9 Å². The standard InChI is InChI=1S/C35H37ClFN3O5S/c1-3-21-38-35(42)33(23-26-9-6-5-7-10-26)39(24-27-11-8-12-28(36)22-27)34(41)25-40(30-15-17-31(18-16-30)45-4-2)46(43,44)32-19-13-29(37)14-20-32/h5-20,22,33H,3-4,21,23-25H2,1-2H3,(H,38,42). The molecule has 0 bridgehead atoms. The molecule has 4 aromatic rings. The van der Waals surface area contributed by atoms with E-state index < -0.39 is 34.3 Å². The van der Waals surface area contributed by atoms with Crippen molar-refractivity contribution in [3.05, 3.63) is 125 Å². The third kappa shape index (κ3) is 9.08. The van der Waals surface area contributed by atoms with Gasteiger partial charge >= 0.3 is 0 Å². The number of sulfonamides is 1. The van der Waals surface area contributed by atoms with Crippen molar-refractivity contribution in [1.29, 1.82) is 0 Å². The molecule has 1 atom stereocenters. The fraction of sp³-hybridized carbons (Fsp3) is 0.257. The van der Waals surface area contributed by atoms with E-state index in [4.69, 9.17) is 16.3 Å². The molecule has 0 radical (unpaired) electrons. The van der Waals surface area contributed by atoms with Gasteiger partial charge in [-0.25, -0.2) is 12.8 Å².